The van der Waals surface area contributed by atoms with Gasteiger partial charge in [0.25, 0.3) is 0 Å². The van der Waals surface area contributed by atoms with Crippen LogP contribution in [0.15, 0.2) is 65.4 Å². The van der Waals surface area contributed by atoms with Crippen molar-refractivity contribution >= 4 is 118 Å². The standard InChI is InChI=1S/C57H104N32O9S/c1-73-33(13-4-20-74-51(59)60)43(91)82-34(14-5-21-75-52(61)62)44(92)83-35(15-6-22-76-53(63)64)45(93)84-36(16-7-23-77-54(65)66)46(94)85-37(17-8-24-78-55(67)68)47(95)86-38(18-9-25-79-56(69)70)48(96)87-39(19-10-26-80-57(71)72)49(97)88-40(50(98)89-41(29-99)42(58)90)27-30-28-81-32-12-3-2-11-31(30)32/h2-3,11-12,28,33-41,73,81,99H,4-10,13-27,29H2,1H3,(H2,58,90)(H,82,91)(H,83,92)(H,84,93)(H,85,94)(H,86,95)(H,87,96)(H,88,97)(H,89,98)(H4,59,60,74)(H4,61,62,75)(H4,63,64,76)(H4,65,66,77)(H4,67,68,78)(H4,69,70,79)(H4,71,72,80)/t33-,34-,35-,36-,37-,38-,39-,40-,41-/m1/s1. The minimum Gasteiger partial charge on any atom is -0.370 e. The van der Waals surface area contributed by atoms with Crippen LogP contribution in [-0.4, -0.2) is 213 Å². The molecule has 0 saturated carbocycles. The van der Waals surface area contributed by atoms with E-state index in [1.54, 1.807) is 37.5 Å². The quantitative estimate of drug-likeness (QED) is 0.0127. The summed E-state index contributed by atoms with van der Waals surface area (Å²) in [6.45, 7) is 0.119. The molecule has 0 unspecified atom stereocenters. The number of para-hydroxylation sites is 1. The van der Waals surface area contributed by atoms with Crippen molar-refractivity contribution in [1.82, 2.24) is 52.8 Å². The molecule has 0 fully saturated rings. The zero-order valence-electron chi connectivity index (χ0n) is 55.8. The van der Waals surface area contributed by atoms with Crippen molar-refractivity contribution in [3.63, 3.8) is 0 Å². The first-order chi connectivity index (χ1) is 47.0. The summed E-state index contributed by atoms with van der Waals surface area (Å²) in [5, 5.41) is 25.0. The molecule has 0 saturated heterocycles. The van der Waals surface area contributed by atoms with E-state index in [0.29, 0.717) is 12.0 Å². The average Bonchev–Trinajstić information content (AvgIpc) is 1.72. The molecule has 1 heterocycles. The number of aromatic nitrogens is 1. The number of primary amides is 1. The van der Waals surface area contributed by atoms with Gasteiger partial charge in [-0.2, -0.15) is 12.6 Å². The molecule has 552 valence electrons. The van der Waals surface area contributed by atoms with Crippen molar-refractivity contribution < 1.29 is 43.2 Å². The highest BCUT2D eigenvalue weighted by Gasteiger charge is 2.35. The largest absolute Gasteiger partial charge is 0.370 e. The molecule has 41 nitrogen and oxygen atoms in total. The number of nitrogens with two attached hydrogens (primary N) is 15. The predicted molar refractivity (Wildman–Crippen MR) is 383 cm³/mol. The van der Waals surface area contributed by atoms with Crippen LogP contribution < -0.4 is 134 Å². The van der Waals surface area contributed by atoms with Crippen LogP contribution in [0.25, 0.3) is 10.9 Å². The van der Waals surface area contributed by atoms with E-state index in [1.807, 2.05) is 0 Å². The molecule has 1 aromatic heterocycles. The van der Waals surface area contributed by atoms with E-state index in [-0.39, 0.29) is 183 Å². The number of hydrogen-bond donors (Lipinski definition) is 26. The van der Waals surface area contributed by atoms with Gasteiger partial charge in [0.2, 0.25) is 53.2 Å². The van der Waals surface area contributed by atoms with Crippen molar-refractivity contribution in [2.45, 2.75) is 151 Å². The van der Waals surface area contributed by atoms with E-state index in [4.69, 9.17) is 86.0 Å². The topological polar surface area (TPSA) is 755 Å². The SMILES string of the molecule is CN[C@H](CCCN=C(N)N)C(=O)N[C@H](CCCN=C(N)N)C(=O)N[C@H](CCCN=C(N)N)C(=O)N[C@H](CCCN=C(N)N)C(=O)N[C@H](CCCN=C(N)N)C(=O)N[C@H](CCCN=C(N)N)C(=O)N[C@H](CCCN=C(N)N)C(=O)N[C@H](Cc1c[nH]c2ccccc12)C(=O)N[C@H](CS)C(N)=O. The van der Waals surface area contributed by atoms with Gasteiger partial charge in [-0.25, -0.2) is 0 Å². The van der Waals surface area contributed by atoms with Gasteiger partial charge in [-0.1, -0.05) is 18.2 Å². The van der Waals surface area contributed by atoms with Crippen molar-refractivity contribution in [3.8, 4) is 0 Å². The third-order valence-electron chi connectivity index (χ3n) is 14.7. The molecule has 9 amide bonds. The monoisotopic (exact) mass is 1410 g/mol. The first kappa shape index (κ1) is 84.3. The third-order valence-corrected chi connectivity index (χ3v) is 15.0. The number of hydrogen-bond acceptors (Lipinski definition) is 18. The molecular weight excluding hydrogens is 1310 g/mol. The van der Waals surface area contributed by atoms with Crippen LogP contribution in [0.4, 0.5) is 0 Å². The van der Waals surface area contributed by atoms with Crippen LogP contribution in [0.5, 0.6) is 0 Å². The van der Waals surface area contributed by atoms with Gasteiger partial charge in [0.1, 0.15) is 48.3 Å². The summed E-state index contributed by atoms with van der Waals surface area (Å²) >= 11 is 4.16. The van der Waals surface area contributed by atoms with Crippen LogP contribution in [0.3, 0.4) is 0 Å². The molecule has 0 aliphatic carbocycles. The highest BCUT2D eigenvalue weighted by atomic mass is 32.1. The Kier molecular flexibility index (Phi) is 39.5. The molecule has 0 bridgehead atoms. The molecule has 42 heteroatoms. The van der Waals surface area contributed by atoms with Gasteiger partial charge in [0.05, 0.1) is 6.04 Å². The summed E-state index contributed by atoms with van der Waals surface area (Å²) in [5.41, 5.74) is 85.0. The Bertz CT molecular complexity index is 3150. The van der Waals surface area contributed by atoms with Gasteiger partial charge < -0.3 is 139 Å². The van der Waals surface area contributed by atoms with Crippen molar-refractivity contribution in [2.24, 2.45) is 121 Å². The molecule has 40 N–H and O–H groups in total. The second-order valence-corrected chi connectivity index (χ2v) is 23.0. The number of fused-ring (bicyclic) bond motifs is 1. The summed E-state index contributed by atoms with van der Waals surface area (Å²) in [4.78, 5) is 159. The van der Waals surface area contributed by atoms with Gasteiger partial charge in [-0.15, -0.1) is 0 Å². The predicted octanol–water partition coefficient (Wildman–Crippen LogP) is -10.0. The zero-order valence-corrected chi connectivity index (χ0v) is 56.7. The Balaban J connectivity index is 2.74. The van der Waals surface area contributed by atoms with Crippen LogP contribution in [0.2, 0.25) is 0 Å². The summed E-state index contributed by atoms with van der Waals surface area (Å²) < 4.78 is 0. The number of H-pyrrole nitrogens is 1. The Hall–Kier alpha value is -10.8. The Morgan fingerprint density at radius 3 is 0.838 bits per heavy atom. The lowest BCUT2D eigenvalue weighted by Crippen LogP contribution is -2.60. The maximum Gasteiger partial charge on any atom is 0.243 e. The molecule has 0 radical (unpaired) electrons. The first-order valence-electron chi connectivity index (χ1n) is 31.9. The molecule has 0 aliphatic heterocycles. The average molecular weight is 1410 g/mol. The van der Waals surface area contributed by atoms with E-state index in [1.165, 1.54) is 0 Å². The lowest BCUT2D eigenvalue weighted by atomic mass is 10.0. The fourth-order valence-corrected chi connectivity index (χ4v) is 9.93. The molecule has 0 aliphatic rings. The number of aliphatic imine (C=N–C) groups is 7. The van der Waals surface area contributed by atoms with E-state index in [0.717, 1.165) is 10.9 Å². The van der Waals surface area contributed by atoms with Crippen LogP contribution in [-0.2, 0) is 49.6 Å². The second kappa shape index (κ2) is 46.4. The number of benzene rings is 1. The van der Waals surface area contributed by atoms with E-state index in [9.17, 15) is 43.2 Å². The van der Waals surface area contributed by atoms with Gasteiger partial charge in [-0.05, 0) is 109 Å². The number of nitrogens with zero attached hydrogens (tertiary/aromatic N) is 7. The van der Waals surface area contributed by atoms with Crippen LogP contribution >= 0.6 is 12.6 Å². The van der Waals surface area contributed by atoms with Crippen LogP contribution in [0, 0.1) is 0 Å². The number of rotatable bonds is 49. The number of thiol groups is 1. The molecule has 0 spiro atoms. The summed E-state index contributed by atoms with van der Waals surface area (Å²) in [6.07, 6.45) is 1.80. The molecule has 2 rings (SSSR count). The van der Waals surface area contributed by atoms with Crippen LogP contribution in [0.1, 0.15) is 95.5 Å². The van der Waals surface area contributed by atoms with Gasteiger partial charge in [0.15, 0.2) is 41.7 Å². The highest BCUT2D eigenvalue weighted by Crippen LogP contribution is 2.20. The summed E-state index contributed by atoms with van der Waals surface area (Å²) in [7, 11) is 1.55. The number of nitrogens with one attached hydrogen (secondary N) is 10. The number of carbonyl (C=O) groups is 9. The Morgan fingerprint density at radius 1 is 0.354 bits per heavy atom. The number of likely N-dealkylation sites (N-methyl/N-ethyl adjacent to an activating group) is 1. The number of amides is 9. The number of guanidine groups is 7. The molecule has 2 aromatic rings. The normalized spacial score (nSPS) is 13.5. The smallest absolute Gasteiger partial charge is 0.243 e. The first-order valence-corrected chi connectivity index (χ1v) is 32.5. The fraction of sp³-hybridized carbons (Fsp3) is 0.579. The molecule has 99 heavy (non-hydrogen) atoms. The maximum absolute atomic E-state index is 14.9. The van der Waals surface area contributed by atoms with Gasteiger partial charge in [0, 0.05) is 75.1 Å². The Labute approximate surface area is 578 Å². The molecule has 9 atom stereocenters. The second-order valence-electron chi connectivity index (χ2n) is 22.6. The molecule has 1 aromatic carbocycles. The van der Waals surface area contributed by atoms with E-state index < -0.39 is 108 Å². The number of aromatic amines is 1. The minimum atomic E-state index is -1.54. The highest BCUT2D eigenvalue weighted by molar-refractivity contribution is 7.80. The van der Waals surface area contributed by atoms with E-state index in [2.05, 4.69) is 100 Å². The van der Waals surface area contributed by atoms with Crippen molar-refractivity contribution in [2.75, 3.05) is 58.6 Å². The summed E-state index contributed by atoms with van der Waals surface area (Å²) in [6, 6.07) is -5.04. The summed E-state index contributed by atoms with van der Waals surface area (Å²) in [5.74, 6) is -9.61. The zero-order chi connectivity index (χ0) is 74.0. The number of carbonyl (C=O) groups excluding carboxylic acids is 9. The Morgan fingerprint density at radius 2 is 0.586 bits per heavy atom. The lowest BCUT2D eigenvalue weighted by Gasteiger charge is -2.28. The van der Waals surface area contributed by atoms with Crippen molar-refractivity contribution in [3.05, 3.63) is 36.0 Å². The fourth-order valence-electron chi connectivity index (χ4n) is 9.66. The van der Waals surface area contributed by atoms with Gasteiger partial charge >= 0.3 is 0 Å². The lowest BCUT2D eigenvalue weighted by molar-refractivity contribution is -0.136. The third kappa shape index (κ3) is 35.1. The maximum atomic E-state index is 14.9. The van der Waals surface area contributed by atoms with Crippen molar-refractivity contribution in [1.29, 1.82) is 0 Å². The van der Waals surface area contributed by atoms with E-state index >= 15 is 0 Å². The minimum absolute atomic E-state index is 0.00722. The molecular formula is C57H104N32O9S. The van der Waals surface area contributed by atoms with Gasteiger partial charge in [-0.3, -0.25) is 78.1 Å².